The summed E-state index contributed by atoms with van der Waals surface area (Å²) >= 11 is 0. The predicted molar refractivity (Wildman–Crippen MR) is 340 cm³/mol. The Balaban J connectivity index is 0.877. The van der Waals surface area contributed by atoms with E-state index in [9.17, 15) is 0 Å². The second-order valence-corrected chi connectivity index (χ2v) is 22.5. The molecule has 14 aromatic carbocycles. The zero-order chi connectivity index (χ0) is 53.7. The van der Waals surface area contributed by atoms with Gasteiger partial charge in [0.2, 0.25) is 0 Å². The van der Waals surface area contributed by atoms with Gasteiger partial charge < -0.3 is 9.32 Å². The Kier molecular flexibility index (Phi) is 9.39. The molecule has 3 aliphatic rings. The van der Waals surface area contributed by atoms with Crippen LogP contribution < -0.4 is 4.90 Å². The third-order valence-electron chi connectivity index (χ3n) is 18.7. The Bertz CT molecular complexity index is 4930. The summed E-state index contributed by atoms with van der Waals surface area (Å²) in [7, 11) is 0. The summed E-state index contributed by atoms with van der Waals surface area (Å²) in [6.45, 7) is 0. The second-order valence-electron chi connectivity index (χ2n) is 22.5. The van der Waals surface area contributed by atoms with Crippen molar-refractivity contribution in [3.05, 3.63) is 342 Å². The molecule has 1 aromatic heterocycles. The first kappa shape index (κ1) is 45.3. The number of hydrogen-bond acceptors (Lipinski definition) is 2. The maximum Gasteiger partial charge on any atom is 0.136 e. The van der Waals surface area contributed by atoms with Gasteiger partial charge in [-0.25, -0.2) is 0 Å². The van der Waals surface area contributed by atoms with E-state index in [0.29, 0.717) is 0 Å². The summed E-state index contributed by atoms with van der Waals surface area (Å²) in [6.07, 6.45) is 0. The van der Waals surface area contributed by atoms with Crippen LogP contribution in [0.2, 0.25) is 0 Å². The van der Waals surface area contributed by atoms with Gasteiger partial charge >= 0.3 is 0 Å². The molecule has 0 atom stereocenters. The molecule has 0 fully saturated rings. The van der Waals surface area contributed by atoms with E-state index in [-0.39, 0.29) is 0 Å². The van der Waals surface area contributed by atoms with E-state index in [2.05, 4.69) is 302 Å². The van der Waals surface area contributed by atoms with Crippen molar-refractivity contribution in [1.82, 2.24) is 0 Å². The van der Waals surface area contributed by atoms with Gasteiger partial charge in [-0.15, -0.1) is 0 Å². The number of hydrogen-bond donors (Lipinski definition) is 0. The monoisotopic (exact) mass is 1040 g/mol. The molecule has 0 aliphatic heterocycles. The third-order valence-corrected chi connectivity index (χ3v) is 18.7. The minimum absolute atomic E-state index is 0.502. The largest absolute Gasteiger partial charge is 0.456 e. The fourth-order valence-electron chi connectivity index (χ4n) is 15.6. The maximum absolute atomic E-state index is 6.48. The number of rotatable bonds is 6. The van der Waals surface area contributed by atoms with Gasteiger partial charge in [0.1, 0.15) is 11.2 Å². The van der Waals surface area contributed by atoms with E-state index < -0.39 is 10.8 Å². The van der Waals surface area contributed by atoms with Crippen LogP contribution in [0, 0.1) is 0 Å². The fourth-order valence-corrected chi connectivity index (χ4v) is 15.6. The summed E-state index contributed by atoms with van der Waals surface area (Å²) < 4.78 is 6.48. The Hall–Kier alpha value is -10.5. The Morgan fingerprint density at radius 1 is 0.232 bits per heavy atom. The van der Waals surface area contributed by atoms with Crippen molar-refractivity contribution in [2.75, 3.05) is 4.90 Å². The molecule has 0 bridgehead atoms. The molecule has 0 radical (unpaired) electrons. The van der Waals surface area contributed by atoms with Crippen molar-refractivity contribution in [2.45, 2.75) is 10.8 Å². The molecule has 82 heavy (non-hydrogen) atoms. The lowest BCUT2D eigenvalue weighted by Gasteiger charge is -2.35. The summed E-state index contributed by atoms with van der Waals surface area (Å²) in [4.78, 5) is 2.52. The zero-order valence-corrected chi connectivity index (χ0v) is 44.6. The SMILES string of the molecule is c1ccc(C2(c3ccccc3)c3ccccc3-c3ccc(N(c4ccc(-c5cccc6c7ccc8oc9ccccc9c8c7c7ccccc7c56)cc4)c4ccc5c(c4)C4(c6ccccc6-c6ccccc64)c4ccccc4-5)cc32)cc1. The standard InChI is InChI=1S/C80H49NO/c1-3-20-51(21-4-1)79(52-22-5-2-6-23-52)68-33-14-9-26-59(68)61-44-42-54(48-72(61)79)81(55-43-45-62-60-27-12-17-36-71(60)80(73(62)49-55)69-34-15-10-24-57(69)58-25-11-16-35-70(58)80)53-40-38-50(39-41-53)56-31-19-32-64-66-46-47-75-78(67-30-13-18-37-74(67)82-75)77(66)65-29-8-7-28-63(65)76(56)64/h1-49H. The molecule has 0 saturated heterocycles. The zero-order valence-electron chi connectivity index (χ0n) is 44.6. The van der Waals surface area contributed by atoms with Crippen LogP contribution in [0.4, 0.5) is 17.1 Å². The summed E-state index contributed by atoms with van der Waals surface area (Å²) in [6, 6.07) is 111. The first-order chi connectivity index (χ1) is 40.7. The molecule has 18 rings (SSSR count). The van der Waals surface area contributed by atoms with Crippen LogP contribution in [0.15, 0.2) is 302 Å². The quantitative estimate of drug-likeness (QED) is 0.154. The van der Waals surface area contributed by atoms with E-state index in [0.717, 1.165) is 39.2 Å². The van der Waals surface area contributed by atoms with Gasteiger partial charge in [-0.3, -0.25) is 0 Å². The van der Waals surface area contributed by atoms with Crippen LogP contribution in [0.25, 0.3) is 98.8 Å². The molecular formula is C80H49NO. The fraction of sp³-hybridized carbons (Fsp3) is 0.0250. The van der Waals surface area contributed by atoms with Crippen molar-refractivity contribution in [3.8, 4) is 44.5 Å². The smallest absolute Gasteiger partial charge is 0.136 e. The number of nitrogens with zero attached hydrogens (tertiary/aromatic N) is 1. The van der Waals surface area contributed by atoms with Crippen LogP contribution >= 0.6 is 0 Å². The van der Waals surface area contributed by atoms with Gasteiger partial charge in [-0.1, -0.05) is 243 Å². The molecular weight excluding hydrogens is 991 g/mol. The van der Waals surface area contributed by atoms with E-state index in [1.807, 2.05) is 0 Å². The average molecular weight is 1040 g/mol. The summed E-state index contributed by atoms with van der Waals surface area (Å²) in [5.74, 6) is 0. The number of para-hydroxylation sites is 1. The molecule has 0 saturated carbocycles. The van der Waals surface area contributed by atoms with Crippen molar-refractivity contribution in [3.63, 3.8) is 0 Å². The Labute approximate surface area is 475 Å². The van der Waals surface area contributed by atoms with Gasteiger partial charge in [0.15, 0.2) is 0 Å². The minimum atomic E-state index is -0.571. The predicted octanol–water partition coefficient (Wildman–Crippen LogP) is 20.9. The summed E-state index contributed by atoms with van der Waals surface area (Å²) in [5.41, 5.74) is 24.4. The highest BCUT2D eigenvalue weighted by Gasteiger charge is 2.52. The molecule has 2 heteroatoms. The van der Waals surface area contributed by atoms with Crippen LogP contribution in [0.5, 0.6) is 0 Å². The van der Waals surface area contributed by atoms with Crippen molar-refractivity contribution in [2.24, 2.45) is 0 Å². The lowest BCUT2D eigenvalue weighted by molar-refractivity contribution is 0.669. The van der Waals surface area contributed by atoms with Crippen molar-refractivity contribution < 1.29 is 4.42 Å². The molecule has 380 valence electrons. The first-order valence-electron chi connectivity index (χ1n) is 28.6. The lowest BCUT2D eigenvalue weighted by atomic mass is 9.67. The number of benzene rings is 14. The van der Waals surface area contributed by atoms with Crippen LogP contribution in [0.3, 0.4) is 0 Å². The molecule has 3 aliphatic carbocycles. The Morgan fingerprint density at radius 3 is 1.20 bits per heavy atom. The van der Waals surface area contributed by atoms with Crippen LogP contribution in [0.1, 0.15) is 44.5 Å². The number of anilines is 3. The minimum Gasteiger partial charge on any atom is -0.456 e. The first-order valence-corrected chi connectivity index (χ1v) is 28.6. The highest BCUT2D eigenvalue weighted by Crippen LogP contribution is 2.64. The topological polar surface area (TPSA) is 16.4 Å². The molecule has 0 amide bonds. The van der Waals surface area contributed by atoms with Crippen molar-refractivity contribution >= 4 is 71.3 Å². The second kappa shape index (κ2) is 17.0. The maximum atomic E-state index is 6.48. The number of furan rings is 1. The van der Waals surface area contributed by atoms with Gasteiger partial charge in [0.25, 0.3) is 0 Å². The van der Waals surface area contributed by atoms with Gasteiger partial charge in [0.05, 0.1) is 10.8 Å². The molecule has 2 nitrogen and oxygen atoms in total. The normalized spacial score (nSPS) is 13.8. The third kappa shape index (κ3) is 5.92. The number of fused-ring (bicyclic) bond motifs is 23. The van der Waals surface area contributed by atoms with Gasteiger partial charge in [-0.05, 0) is 171 Å². The van der Waals surface area contributed by atoms with Crippen LogP contribution in [-0.4, -0.2) is 0 Å². The highest BCUT2D eigenvalue weighted by molar-refractivity contribution is 6.36. The molecule has 0 N–H and O–H groups in total. The highest BCUT2D eigenvalue weighted by atomic mass is 16.3. The van der Waals surface area contributed by atoms with E-state index in [4.69, 9.17) is 4.42 Å². The summed E-state index contributed by atoms with van der Waals surface area (Å²) in [5, 5.41) is 9.70. The lowest BCUT2D eigenvalue weighted by Crippen LogP contribution is -2.28. The average Bonchev–Trinajstić information content (AvgIpc) is 1.95. The van der Waals surface area contributed by atoms with E-state index >= 15 is 0 Å². The molecule has 1 spiro atoms. The molecule has 0 unspecified atom stereocenters. The molecule has 15 aromatic rings. The van der Waals surface area contributed by atoms with E-state index in [1.54, 1.807) is 0 Å². The van der Waals surface area contributed by atoms with Gasteiger partial charge in [-0.2, -0.15) is 0 Å². The molecule has 1 heterocycles. The Morgan fingerprint density at radius 2 is 0.634 bits per heavy atom. The van der Waals surface area contributed by atoms with Crippen molar-refractivity contribution in [1.29, 1.82) is 0 Å². The van der Waals surface area contributed by atoms with Gasteiger partial charge in [0, 0.05) is 33.2 Å². The van der Waals surface area contributed by atoms with Crippen LogP contribution in [-0.2, 0) is 10.8 Å². The van der Waals surface area contributed by atoms with E-state index in [1.165, 1.54) is 121 Å².